The summed E-state index contributed by atoms with van der Waals surface area (Å²) in [6.07, 6.45) is 0.985. The van der Waals surface area contributed by atoms with Crippen molar-refractivity contribution in [2.24, 2.45) is 5.92 Å². The topological polar surface area (TPSA) is 46.3 Å². The summed E-state index contributed by atoms with van der Waals surface area (Å²) in [5.41, 5.74) is 6.96. The summed E-state index contributed by atoms with van der Waals surface area (Å²) in [5.74, 6) is 0.547. The van der Waals surface area contributed by atoms with Crippen LogP contribution < -0.4 is 5.73 Å². The first-order valence-electron chi connectivity index (χ1n) is 6.15. The predicted molar refractivity (Wildman–Crippen MR) is 79.6 cm³/mol. The van der Waals surface area contributed by atoms with Gasteiger partial charge >= 0.3 is 0 Å². The van der Waals surface area contributed by atoms with E-state index in [4.69, 9.17) is 5.73 Å². The van der Waals surface area contributed by atoms with E-state index in [1.807, 2.05) is 13.1 Å². The number of carbonyl (C=O) groups excluding carboxylic acids is 1. The highest BCUT2D eigenvalue weighted by molar-refractivity contribution is 9.10. The van der Waals surface area contributed by atoms with Gasteiger partial charge in [-0.05, 0) is 37.5 Å². The maximum absolute atomic E-state index is 12.3. The summed E-state index contributed by atoms with van der Waals surface area (Å²) in [6, 6.07) is 5.57. The summed E-state index contributed by atoms with van der Waals surface area (Å²) in [5, 5.41) is 0. The zero-order chi connectivity index (χ0) is 13.9. The Kier molecular flexibility index (Phi) is 5.20. The van der Waals surface area contributed by atoms with E-state index in [1.54, 1.807) is 17.0 Å². The fourth-order valence-corrected chi connectivity index (χ4v) is 2.34. The molecule has 1 atom stereocenters. The van der Waals surface area contributed by atoms with Gasteiger partial charge in [0, 0.05) is 23.2 Å². The van der Waals surface area contributed by atoms with Crippen LogP contribution in [0.25, 0.3) is 0 Å². The third-order valence-corrected chi connectivity index (χ3v) is 3.53. The minimum absolute atomic E-state index is 0.0202. The number of rotatable bonds is 4. The number of benzene rings is 1. The Balaban J connectivity index is 2.86. The smallest absolute Gasteiger partial charge is 0.255 e. The van der Waals surface area contributed by atoms with Crippen molar-refractivity contribution in [2.75, 3.05) is 12.8 Å². The van der Waals surface area contributed by atoms with E-state index in [0.717, 1.165) is 10.9 Å². The number of hydrogen-bond acceptors (Lipinski definition) is 2. The van der Waals surface area contributed by atoms with Gasteiger partial charge in [0.1, 0.15) is 0 Å². The number of amides is 1. The van der Waals surface area contributed by atoms with Crippen molar-refractivity contribution in [1.82, 2.24) is 4.90 Å². The number of carbonyl (C=O) groups is 1. The molecular weight excluding hydrogens is 292 g/mol. The minimum atomic E-state index is -0.0202. The van der Waals surface area contributed by atoms with Crippen molar-refractivity contribution >= 4 is 27.5 Å². The van der Waals surface area contributed by atoms with Crippen molar-refractivity contribution in [3.8, 4) is 0 Å². The molecule has 1 amide bonds. The van der Waals surface area contributed by atoms with Crippen molar-refractivity contribution in [3.05, 3.63) is 28.2 Å². The fraction of sp³-hybridized carbons (Fsp3) is 0.500. The van der Waals surface area contributed by atoms with E-state index in [0.29, 0.717) is 17.2 Å². The summed E-state index contributed by atoms with van der Waals surface area (Å²) in [4.78, 5) is 14.1. The molecule has 0 radical (unpaired) electrons. The zero-order valence-corrected chi connectivity index (χ0v) is 13.0. The van der Waals surface area contributed by atoms with Crippen LogP contribution in [0.2, 0.25) is 0 Å². The molecular formula is C14H21BrN2O. The molecule has 100 valence electrons. The van der Waals surface area contributed by atoms with E-state index in [9.17, 15) is 4.79 Å². The van der Waals surface area contributed by atoms with E-state index in [1.165, 1.54) is 0 Å². The molecule has 0 aliphatic heterocycles. The summed E-state index contributed by atoms with van der Waals surface area (Å²) >= 11 is 3.34. The Labute approximate surface area is 117 Å². The molecule has 1 aromatic carbocycles. The van der Waals surface area contributed by atoms with Gasteiger partial charge in [0.15, 0.2) is 0 Å². The molecule has 1 unspecified atom stereocenters. The van der Waals surface area contributed by atoms with Crippen LogP contribution in [0.1, 0.15) is 37.6 Å². The Bertz CT molecular complexity index is 432. The fourth-order valence-electron chi connectivity index (χ4n) is 1.96. The Hall–Kier alpha value is -1.03. The van der Waals surface area contributed by atoms with Gasteiger partial charge < -0.3 is 10.6 Å². The molecule has 0 aliphatic carbocycles. The first-order valence-corrected chi connectivity index (χ1v) is 6.94. The second-order valence-corrected chi connectivity index (χ2v) is 6.04. The van der Waals surface area contributed by atoms with Crippen LogP contribution in [0.5, 0.6) is 0 Å². The monoisotopic (exact) mass is 312 g/mol. The van der Waals surface area contributed by atoms with Gasteiger partial charge in [-0.3, -0.25) is 4.79 Å². The molecule has 0 heterocycles. The normalized spacial score (nSPS) is 12.6. The Morgan fingerprint density at radius 1 is 1.39 bits per heavy atom. The standard InChI is InChI=1S/C14H21BrN2O/c1-9(2)7-10(3)17(4)14(18)12-6-5-11(15)8-13(12)16/h5-6,8-10H,7,16H2,1-4H3. The molecule has 18 heavy (non-hydrogen) atoms. The van der Waals surface area contributed by atoms with Crippen molar-refractivity contribution in [2.45, 2.75) is 33.2 Å². The van der Waals surface area contributed by atoms with Crippen molar-refractivity contribution in [3.63, 3.8) is 0 Å². The minimum Gasteiger partial charge on any atom is -0.398 e. The lowest BCUT2D eigenvalue weighted by molar-refractivity contribution is 0.0729. The van der Waals surface area contributed by atoms with Gasteiger partial charge in [-0.25, -0.2) is 0 Å². The maximum atomic E-state index is 12.3. The lowest BCUT2D eigenvalue weighted by Crippen LogP contribution is -2.36. The van der Waals surface area contributed by atoms with Gasteiger partial charge in [0.05, 0.1) is 5.56 Å². The largest absolute Gasteiger partial charge is 0.398 e. The maximum Gasteiger partial charge on any atom is 0.255 e. The van der Waals surface area contributed by atoms with Crippen molar-refractivity contribution < 1.29 is 4.79 Å². The molecule has 0 saturated carbocycles. The van der Waals surface area contributed by atoms with E-state index < -0.39 is 0 Å². The molecule has 0 saturated heterocycles. The summed E-state index contributed by atoms with van der Waals surface area (Å²) in [7, 11) is 1.83. The number of hydrogen-bond donors (Lipinski definition) is 1. The van der Waals surface area contributed by atoms with Gasteiger partial charge in [0.25, 0.3) is 5.91 Å². The molecule has 0 bridgehead atoms. The van der Waals surface area contributed by atoms with E-state index >= 15 is 0 Å². The van der Waals surface area contributed by atoms with E-state index in [2.05, 4.69) is 36.7 Å². The highest BCUT2D eigenvalue weighted by atomic mass is 79.9. The molecule has 3 nitrogen and oxygen atoms in total. The Morgan fingerprint density at radius 3 is 2.50 bits per heavy atom. The molecule has 0 fully saturated rings. The lowest BCUT2D eigenvalue weighted by Gasteiger charge is -2.26. The average Bonchev–Trinajstić information content (AvgIpc) is 2.26. The number of nitrogens with two attached hydrogens (primary N) is 1. The van der Waals surface area contributed by atoms with Gasteiger partial charge in [-0.2, -0.15) is 0 Å². The van der Waals surface area contributed by atoms with Gasteiger partial charge in [0.2, 0.25) is 0 Å². The van der Waals surface area contributed by atoms with Crippen LogP contribution in [0.15, 0.2) is 22.7 Å². The molecule has 4 heteroatoms. The first kappa shape index (κ1) is 15.0. The molecule has 1 rings (SSSR count). The molecule has 1 aromatic rings. The molecule has 0 aromatic heterocycles. The highest BCUT2D eigenvalue weighted by Gasteiger charge is 2.20. The van der Waals surface area contributed by atoms with Gasteiger partial charge in [-0.1, -0.05) is 29.8 Å². The predicted octanol–water partition coefficient (Wildman–Crippen LogP) is 3.54. The first-order chi connectivity index (χ1) is 8.32. The second-order valence-electron chi connectivity index (χ2n) is 5.13. The lowest BCUT2D eigenvalue weighted by atomic mass is 10.0. The quantitative estimate of drug-likeness (QED) is 0.864. The Morgan fingerprint density at radius 2 is 2.00 bits per heavy atom. The SMILES string of the molecule is CC(C)CC(C)N(C)C(=O)c1ccc(Br)cc1N. The van der Waals surface area contributed by atoms with Crippen molar-refractivity contribution in [1.29, 1.82) is 0 Å². The summed E-state index contributed by atoms with van der Waals surface area (Å²) in [6.45, 7) is 6.37. The third kappa shape index (κ3) is 3.73. The molecule has 0 spiro atoms. The highest BCUT2D eigenvalue weighted by Crippen LogP contribution is 2.21. The molecule has 0 aliphatic rings. The van der Waals surface area contributed by atoms with E-state index in [-0.39, 0.29) is 11.9 Å². The van der Waals surface area contributed by atoms with Crippen LogP contribution >= 0.6 is 15.9 Å². The number of nitrogens with zero attached hydrogens (tertiary/aromatic N) is 1. The number of halogens is 1. The zero-order valence-electron chi connectivity index (χ0n) is 11.4. The molecule has 2 N–H and O–H groups in total. The number of anilines is 1. The van der Waals surface area contributed by atoms with Crippen LogP contribution in [0.4, 0.5) is 5.69 Å². The van der Waals surface area contributed by atoms with Crippen LogP contribution in [0.3, 0.4) is 0 Å². The average molecular weight is 313 g/mol. The second kappa shape index (κ2) is 6.23. The number of nitrogen functional groups attached to an aromatic ring is 1. The van der Waals surface area contributed by atoms with Crippen LogP contribution in [0, 0.1) is 5.92 Å². The van der Waals surface area contributed by atoms with Crippen LogP contribution in [-0.4, -0.2) is 23.9 Å². The third-order valence-electron chi connectivity index (χ3n) is 3.04. The van der Waals surface area contributed by atoms with Crippen LogP contribution in [-0.2, 0) is 0 Å². The summed E-state index contributed by atoms with van der Waals surface area (Å²) < 4.78 is 0.884. The van der Waals surface area contributed by atoms with Gasteiger partial charge in [-0.15, -0.1) is 0 Å².